The second kappa shape index (κ2) is 8.96. The van der Waals surface area contributed by atoms with Crippen LogP contribution in [0.5, 0.6) is 0 Å². The Labute approximate surface area is 191 Å². The predicted molar refractivity (Wildman–Crippen MR) is 123 cm³/mol. The van der Waals surface area contributed by atoms with Gasteiger partial charge in [0.1, 0.15) is 11.5 Å². The predicted octanol–water partition coefficient (Wildman–Crippen LogP) is 4.60. The molecule has 0 atom stereocenters. The molecule has 1 fully saturated rings. The lowest BCUT2D eigenvalue weighted by molar-refractivity contribution is -0.140. The van der Waals surface area contributed by atoms with Gasteiger partial charge in [0.05, 0.1) is 5.56 Å². The number of carbonyl (C=O) groups excluding carboxylic acids is 1. The summed E-state index contributed by atoms with van der Waals surface area (Å²) in [5.74, 6) is 0.585. The molecule has 1 aliphatic carbocycles. The lowest BCUT2D eigenvalue weighted by Crippen LogP contribution is -2.43. The van der Waals surface area contributed by atoms with E-state index in [2.05, 4.69) is 10.3 Å². The van der Waals surface area contributed by atoms with Gasteiger partial charge in [-0.1, -0.05) is 18.2 Å². The van der Waals surface area contributed by atoms with Gasteiger partial charge in [0.15, 0.2) is 5.69 Å². The molecule has 3 aromatic rings. The smallest absolute Gasteiger partial charge is 0.377 e. The molecule has 4 rings (SSSR count). The van der Waals surface area contributed by atoms with Crippen LogP contribution in [0.3, 0.4) is 0 Å². The van der Waals surface area contributed by atoms with Gasteiger partial charge in [-0.15, -0.1) is 0 Å². The lowest BCUT2D eigenvalue weighted by Gasteiger charge is -2.36. The fourth-order valence-electron chi connectivity index (χ4n) is 4.53. The summed E-state index contributed by atoms with van der Waals surface area (Å²) in [6.07, 6.45) is -0.169. The first kappa shape index (κ1) is 22.9. The van der Waals surface area contributed by atoms with Crippen LogP contribution in [0, 0.1) is 0 Å². The van der Waals surface area contributed by atoms with Gasteiger partial charge in [0.2, 0.25) is 0 Å². The standard InChI is InChI=1S/C24H28F3N5O/c1-30(2)19-8-5-4-7-18(19)23(33)28-16-11-13-17(14-12-16)31(3)22-10-6-9-21-29-20(15-32(21)22)24(25,26)27/h4-10,15-17H,11-14H2,1-3H3,(H,28,33)/t16-,17+. The summed E-state index contributed by atoms with van der Waals surface area (Å²) in [5.41, 5.74) is 0.893. The lowest BCUT2D eigenvalue weighted by atomic mass is 9.90. The van der Waals surface area contributed by atoms with E-state index in [1.807, 2.05) is 55.2 Å². The van der Waals surface area contributed by atoms with Gasteiger partial charge in [-0.05, 0) is 49.9 Å². The van der Waals surface area contributed by atoms with Crippen molar-refractivity contribution in [3.63, 3.8) is 0 Å². The molecule has 0 radical (unpaired) electrons. The van der Waals surface area contributed by atoms with E-state index in [0.29, 0.717) is 11.4 Å². The van der Waals surface area contributed by atoms with Crippen LogP contribution < -0.4 is 15.1 Å². The van der Waals surface area contributed by atoms with Crippen LogP contribution in [0.4, 0.5) is 24.7 Å². The Morgan fingerprint density at radius 2 is 1.73 bits per heavy atom. The summed E-state index contributed by atoms with van der Waals surface area (Å²) in [4.78, 5) is 20.5. The van der Waals surface area contributed by atoms with Gasteiger partial charge in [0, 0.05) is 45.1 Å². The van der Waals surface area contributed by atoms with Gasteiger partial charge < -0.3 is 15.1 Å². The van der Waals surface area contributed by atoms with E-state index in [4.69, 9.17) is 0 Å². The Morgan fingerprint density at radius 1 is 1.03 bits per heavy atom. The molecule has 0 bridgehead atoms. The first-order chi connectivity index (χ1) is 15.6. The van der Waals surface area contributed by atoms with Crippen LogP contribution >= 0.6 is 0 Å². The first-order valence-electron chi connectivity index (χ1n) is 11.0. The highest BCUT2D eigenvalue weighted by molar-refractivity contribution is 5.99. The van der Waals surface area contributed by atoms with E-state index >= 15 is 0 Å². The highest BCUT2D eigenvalue weighted by atomic mass is 19.4. The zero-order valence-corrected chi connectivity index (χ0v) is 18.9. The van der Waals surface area contributed by atoms with Crippen molar-refractivity contribution >= 4 is 23.1 Å². The van der Waals surface area contributed by atoms with Crippen molar-refractivity contribution in [3.05, 3.63) is 59.9 Å². The van der Waals surface area contributed by atoms with E-state index in [1.165, 1.54) is 4.40 Å². The van der Waals surface area contributed by atoms with Crippen LogP contribution in [0.2, 0.25) is 0 Å². The van der Waals surface area contributed by atoms with Crippen LogP contribution in [-0.4, -0.2) is 48.5 Å². The van der Waals surface area contributed by atoms with Crippen LogP contribution in [-0.2, 0) is 6.18 Å². The summed E-state index contributed by atoms with van der Waals surface area (Å²) >= 11 is 0. The number of rotatable bonds is 5. The van der Waals surface area contributed by atoms with E-state index in [-0.39, 0.29) is 23.6 Å². The number of aromatic nitrogens is 2. The summed E-state index contributed by atoms with van der Waals surface area (Å²) in [6, 6.07) is 12.8. The molecule has 2 aromatic heterocycles. The molecule has 0 unspecified atom stereocenters. The van der Waals surface area contributed by atoms with Crippen molar-refractivity contribution < 1.29 is 18.0 Å². The van der Waals surface area contributed by atoms with Gasteiger partial charge >= 0.3 is 6.18 Å². The number of imidazole rings is 1. The van der Waals surface area contributed by atoms with E-state index in [1.54, 1.807) is 18.2 Å². The van der Waals surface area contributed by atoms with Crippen LogP contribution in [0.1, 0.15) is 41.7 Å². The molecule has 1 saturated carbocycles. The Bertz CT molecular complexity index is 1130. The van der Waals surface area contributed by atoms with E-state index < -0.39 is 11.9 Å². The maximum atomic E-state index is 13.1. The van der Waals surface area contributed by atoms with Crippen LogP contribution in [0.25, 0.3) is 5.65 Å². The highest BCUT2D eigenvalue weighted by Crippen LogP contribution is 2.32. The number of nitrogens with zero attached hydrogens (tertiary/aromatic N) is 4. The minimum Gasteiger partial charge on any atom is -0.377 e. The molecule has 1 amide bonds. The van der Waals surface area contributed by atoms with Gasteiger partial charge in [-0.2, -0.15) is 13.2 Å². The number of nitrogens with one attached hydrogen (secondary N) is 1. The topological polar surface area (TPSA) is 52.9 Å². The molecule has 9 heteroatoms. The number of halogens is 3. The normalized spacial score (nSPS) is 18.8. The third-order valence-electron chi connectivity index (χ3n) is 6.33. The minimum absolute atomic E-state index is 0.0678. The van der Waals surface area contributed by atoms with Crippen molar-refractivity contribution in [1.82, 2.24) is 14.7 Å². The molecule has 1 aromatic carbocycles. The first-order valence-corrected chi connectivity index (χ1v) is 11.0. The van der Waals surface area contributed by atoms with Crippen molar-refractivity contribution in [2.45, 2.75) is 43.9 Å². The number of carbonyl (C=O) groups is 1. The summed E-state index contributed by atoms with van der Waals surface area (Å²) in [7, 11) is 5.72. The number of fused-ring (bicyclic) bond motifs is 1. The van der Waals surface area contributed by atoms with E-state index in [9.17, 15) is 18.0 Å². The number of alkyl halides is 3. The largest absolute Gasteiger partial charge is 0.434 e. The van der Waals surface area contributed by atoms with Crippen molar-refractivity contribution in [3.8, 4) is 0 Å². The van der Waals surface area contributed by atoms with Crippen molar-refractivity contribution in [2.24, 2.45) is 0 Å². The molecule has 2 heterocycles. The fraction of sp³-hybridized carbons (Fsp3) is 0.417. The third-order valence-corrected chi connectivity index (χ3v) is 6.33. The molecule has 0 saturated heterocycles. The Hall–Kier alpha value is -3.23. The number of pyridine rings is 1. The van der Waals surface area contributed by atoms with Gasteiger partial charge in [-0.25, -0.2) is 4.98 Å². The number of hydrogen-bond donors (Lipinski definition) is 1. The molecule has 1 N–H and O–H groups in total. The second-order valence-corrected chi connectivity index (χ2v) is 8.74. The number of amides is 1. The highest BCUT2D eigenvalue weighted by Gasteiger charge is 2.34. The maximum absolute atomic E-state index is 13.1. The van der Waals surface area contributed by atoms with Gasteiger partial charge in [0.25, 0.3) is 5.91 Å². The van der Waals surface area contributed by atoms with Crippen molar-refractivity contribution in [1.29, 1.82) is 0 Å². The Kier molecular flexibility index (Phi) is 6.23. The monoisotopic (exact) mass is 459 g/mol. The molecule has 6 nitrogen and oxygen atoms in total. The maximum Gasteiger partial charge on any atom is 0.434 e. The molecule has 0 aliphatic heterocycles. The average Bonchev–Trinajstić information content (AvgIpc) is 3.24. The molecule has 1 aliphatic rings. The summed E-state index contributed by atoms with van der Waals surface area (Å²) in [6.45, 7) is 0. The summed E-state index contributed by atoms with van der Waals surface area (Å²) < 4.78 is 40.9. The summed E-state index contributed by atoms with van der Waals surface area (Å²) in [5, 5.41) is 3.15. The number of hydrogen-bond acceptors (Lipinski definition) is 4. The minimum atomic E-state index is -4.48. The molecular weight excluding hydrogens is 431 g/mol. The SMILES string of the molecule is CN(C)c1ccccc1C(=O)N[C@H]1CC[C@@H](N(C)c2cccc3nc(C(F)(F)F)cn23)CC1. The van der Waals surface area contributed by atoms with E-state index in [0.717, 1.165) is 37.6 Å². The van der Waals surface area contributed by atoms with Crippen molar-refractivity contribution in [2.75, 3.05) is 30.9 Å². The van der Waals surface area contributed by atoms with Gasteiger partial charge in [-0.3, -0.25) is 9.20 Å². The van der Waals surface area contributed by atoms with Crippen LogP contribution in [0.15, 0.2) is 48.7 Å². The number of benzene rings is 1. The molecule has 0 spiro atoms. The third kappa shape index (κ3) is 4.77. The second-order valence-electron chi connectivity index (χ2n) is 8.74. The zero-order valence-electron chi connectivity index (χ0n) is 18.9. The Morgan fingerprint density at radius 3 is 2.39 bits per heavy atom. The molecular formula is C24H28F3N5O. The fourth-order valence-corrected chi connectivity index (χ4v) is 4.53. The Balaban J connectivity index is 1.42. The molecule has 176 valence electrons. The molecule has 33 heavy (non-hydrogen) atoms. The number of para-hydroxylation sites is 1. The zero-order chi connectivity index (χ0) is 23.8. The number of anilines is 2. The quantitative estimate of drug-likeness (QED) is 0.606. The average molecular weight is 460 g/mol.